The van der Waals surface area contributed by atoms with Crippen molar-refractivity contribution in [2.75, 3.05) is 23.3 Å². The minimum atomic E-state index is -0.0594. The van der Waals surface area contributed by atoms with E-state index in [1.165, 1.54) is 0 Å². The van der Waals surface area contributed by atoms with E-state index in [0.29, 0.717) is 13.0 Å². The summed E-state index contributed by atoms with van der Waals surface area (Å²) in [5.41, 5.74) is 3.68. The van der Waals surface area contributed by atoms with Gasteiger partial charge in [0.25, 0.3) is 0 Å². The van der Waals surface area contributed by atoms with Crippen molar-refractivity contribution in [2.24, 2.45) is 0 Å². The van der Waals surface area contributed by atoms with Gasteiger partial charge in [-0.25, -0.2) is 4.79 Å². The summed E-state index contributed by atoms with van der Waals surface area (Å²) in [5.74, 6) is -0.0594. The van der Waals surface area contributed by atoms with Crippen LogP contribution in [0.4, 0.5) is 16.2 Å². The molecule has 3 amide bonds. The van der Waals surface area contributed by atoms with Crippen LogP contribution in [0.2, 0.25) is 0 Å². The van der Waals surface area contributed by atoms with Crippen LogP contribution in [0.15, 0.2) is 84.9 Å². The summed E-state index contributed by atoms with van der Waals surface area (Å²) in [6.45, 7) is 3.51. The van der Waals surface area contributed by atoms with Crippen LogP contribution in [-0.2, 0) is 11.2 Å². The van der Waals surface area contributed by atoms with Gasteiger partial charge in [-0.3, -0.25) is 9.69 Å². The highest BCUT2D eigenvalue weighted by atomic mass is 16.2. The summed E-state index contributed by atoms with van der Waals surface area (Å²) in [5, 5.41) is 2.93. The van der Waals surface area contributed by atoms with Crippen molar-refractivity contribution in [2.45, 2.75) is 25.8 Å². The molecule has 1 aliphatic rings. The van der Waals surface area contributed by atoms with E-state index in [0.717, 1.165) is 35.5 Å². The van der Waals surface area contributed by atoms with E-state index in [1.54, 1.807) is 0 Å². The average Bonchev–Trinajstić information content (AvgIpc) is 2.81. The first-order chi connectivity index (χ1) is 15.1. The first kappa shape index (κ1) is 20.7. The molecule has 3 aromatic carbocycles. The lowest BCUT2D eigenvalue weighted by molar-refractivity contribution is -0.115. The quantitative estimate of drug-likeness (QED) is 0.599. The second kappa shape index (κ2) is 9.47. The van der Waals surface area contributed by atoms with Crippen molar-refractivity contribution in [1.29, 1.82) is 0 Å². The van der Waals surface area contributed by atoms with Crippen LogP contribution in [-0.4, -0.2) is 29.9 Å². The van der Waals surface area contributed by atoms with Crippen LogP contribution >= 0.6 is 0 Å². The van der Waals surface area contributed by atoms with Gasteiger partial charge in [-0.15, -0.1) is 0 Å². The minimum Gasteiger partial charge on any atom is -0.326 e. The van der Waals surface area contributed by atoms with Crippen molar-refractivity contribution in [3.63, 3.8) is 0 Å². The van der Waals surface area contributed by atoms with Gasteiger partial charge in [-0.1, -0.05) is 60.7 Å². The lowest BCUT2D eigenvalue weighted by Gasteiger charge is -2.39. The van der Waals surface area contributed by atoms with E-state index in [1.807, 2.05) is 82.6 Å². The van der Waals surface area contributed by atoms with E-state index < -0.39 is 0 Å². The minimum absolute atomic E-state index is 0.0171. The topological polar surface area (TPSA) is 52.6 Å². The number of anilines is 2. The van der Waals surface area contributed by atoms with Crippen LogP contribution in [0.25, 0.3) is 0 Å². The molecule has 0 aromatic heterocycles. The third kappa shape index (κ3) is 4.94. The predicted molar refractivity (Wildman–Crippen MR) is 124 cm³/mol. The normalized spacial score (nSPS) is 14.9. The van der Waals surface area contributed by atoms with Gasteiger partial charge in [0.2, 0.25) is 5.91 Å². The molecule has 1 heterocycles. The van der Waals surface area contributed by atoms with Crippen LogP contribution in [0.3, 0.4) is 0 Å². The molecule has 5 heteroatoms. The standard InChI is InChI=1S/C26H27N3O2/c1-20(22-11-6-3-7-12-22)28-17-8-18-29(26(28)31)24-15-13-23(14-16-24)27-25(30)19-21-9-4-2-5-10-21/h2-7,9-16,20H,8,17-19H2,1H3,(H,27,30)/t20-/m1/s1. The SMILES string of the molecule is C[C@H](c1ccccc1)N1CCCN(c2ccc(NC(=O)Cc3ccccc3)cc2)C1=O. The fraction of sp³-hybridized carbons (Fsp3) is 0.231. The highest BCUT2D eigenvalue weighted by Gasteiger charge is 2.30. The summed E-state index contributed by atoms with van der Waals surface area (Å²) in [6.07, 6.45) is 1.25. The Kier molecular flexibility index (Phi) is 6.32. The molecule has 5 nitrogen and oxygen atoms in total. The van der Waals surface area contributed by atoms with Crippen molar-refractivity contribution in [3.8, 4) is 0 Å². The van der Waals surface area contributed by atoms with Crippen LogP contribution in [0.1, 0.15) is 30.5 Å². The maximum Gasteiger partial charge on any atom is 0.324 e. The molecular weight excluding hydrogens is 386 g/mol. The number of amides is 3. The molecule has 1 aliphatic heterocycles. The highest BCUT2D eigenvalue weighted by Crippen LogP contribution is 2.28. The molecule has 0 aliphatic carbocycles. The first-order valence-corrected chi connectivity index (χ1v) is 10.7. The second-order valence-electron chi connectivity index (χ2n) is 7.83. The molecule has 0 spiro atoms. The van der Waals surface area contributed by atoms with Gasteiger partial charge in [-0.2, -0.15) is 0 Å². The third-order valence-corrected chi connectivity index (χ3v) is 5.68. The lowest BCUT2D eigenvalue weighted by Crippen LogP contribution is -2.50. The fourth-order valence-corrected chi connectivity index (χ4v) is 3.97. The van der Waals surface area contributed by atoms with Crippen LogP contribution in [0, 0.1) is 0 Å². The van der Waals surface area contributed by atoms with E-state index >= 15 is 0 Å². The van der Waals surface area contributed by atoms with Crippen LogP contribution < -0.4 is 10.2 Å². The van der Waals surface area contributed by atoms with E-state index in [4.69, 9.17) is 0 Å². The number of carbonyl (C=O) groups excluding carboxylic acids is 2. The Morgan fingerprint density at radius 3 is 2.23 bits per heavy atom. The summed E-state index contributed by atoms with van der Waals surface area (Å²) >= 11 is 0. The molecule has 31 heavy (non-hydrogen) atoms. The molecule has 0 radical (unpaired) electrons. The van der Waals surface area contributed by atoms with E-state index in [9.17, 15) is 9.59 Å². The summed E-state index contributed by atoms with van der Waals surface area (Å²) in [6, 6.07) is 27.3. The number of nitrogens with zero attached hydrogens (tertiary/aromatic N) is 2. The second-order valence-corrected chi connectivity index (χ2v) is 7.83. The van der Waals surface area contributed by atoms with E-state index in [2.05, 4.69) is 24.4 Å². The zero-order valence-electron chi connectivity index (χ0n) is 17.7. The Morgan fingerprint density at radius 2 is 1.55 bits per heavy atom. The van der Waals surface area contributed by atoms with Gasteiger partial charge in [0.15, 0.2) is 0 Å². The maximum absolute atomic E-state index is 13.2. The first-order valence-electron chi connectivity index (χ1n) is 10.7. The molecule has 0 bridgehead atoms. The average molecular weight is 414 g/mol. The zero-order chi connectivity index (χ0) is 21.6. The van der Waals surface area contributed by atoms with Gasteiger partial charge in [0.05, 0.1) is 12.5 Å². The van der Waals surface area contributed by atoms with Crippen LogP contribution in [0.5, 0.6) is 0 Å². The number of nitrogens with one attached hydrogen (secondary N) is 1. The summed E-state index contributed by atoms with van der Waals surface area (Å²) in [4.78, 5) is 29.2. The molecule has 1 N–H and O–H groups in total. The Labute approximate surface area is 183 Å². The van der Waals surface area contributed by atoms with Gasteiger partial charge >= 0.3 is 6.03 Å². The molecule has 1 atom stereocenters. The third-order valence-electron chi connectivity index (χ3n) is 5.68. The molecule has 158 valence electrons. The zero-order valence-corrected chi connectivity index (χ0v) is 17.7. The van der Waals surface area contributed by atoms with Gasteiger partial charge in [0, 0.05) is 24.5 Å². The number of urea groups is 1. The fourth-order valence-electron chi connectivity index (χ4n) is 3.97. The number of benzene rings is 3. The smallest absolute Gasteiger partial charge is 0.324 e. The van der Waals surface area contributed by atoms with Crippen molar-refractivity contribution < 1.29 is 9.59 Å². The Balaban J connectivity index is 1.41. The lowest BCUT2D eigenvalue weighted by atomic mass is 10.1. The molecular formula is C26H27N3O2. The largest absolute Gasteiger partial charge is 0.326 e. The molecule has 4 rings (SSSR count). The molecule has 0 saturated carbocycles. The number of hydrogen-bond acceptors (Lipinski definition) is 2. The summed E-state index contributed by atoms with van der Waals surface area (Å²) in [7, 11) is 0. The number of hydrogen-bond donors (Lipinski definition) is 1. The highest BCUT2D eigenvalue weighted by molar-refractivity contribution is 5.95. The number of carbonyl (C=O) groups is 2. The molecule has 1 saturated heterocycles. The number of rotatable bonds is 6. The molecule has 1 fully saturated rings. The molecule has 3 aromatic rings. The Bertz CT molecular complexity index is 1020. The van der Waals surface area contributed by atoms with Gasteiger partial charge in [-0.05, 0) is 48.7 Å². The monoisotopic (exact) mass is 413 g/mol. The van der Waals surface area contributed by atoms with E-state index in [-0.39, 0.29) is 18.0 Å². The Hall–Kier alpha value is -3.60. The van der Waals surface area contributed by atoms with Gasteiger partial charge in [0.1, 0.15) is 0 Å². The van der Waals surface area contributed by atoms with Crippen molar-refractivity contribution in [1.82, 2.24) is 4.90 Å². The van der Waals surface area contributed by atoms with Crippen molar-refractivity contribution in [3.05, 3.63) is 96.1 Å². The predicted octanol–water partition coefficient (Wildman–Crippen LogP) is 5.26. The summed E-state index contributed by atoms with van der Waals surface area (Å²) < 4.78 is 0. The van der Waals surface area contributed by atoms with Crippen molar-refractivity contribution >= 4 is 23.3 Å². The molecule has 0 unspecified atom stereocenters. The Morgan fingerprint density at radius 1 is 0.903 bits per heavy atom. The van der Waals surface area contributed by atoms with Gasteiger partial charge < -0.3 is 10.2 Å². The maximum atomic E-state index is 13.2.